The molecule has 0 aliphatic carbocycles. The Bertz CT molecular complexity index is 967. The number of nitrogens with one attached hydrogen (secondary N) is 1. The monoisotopic (exact) mass is 435 g/mol. The Balaban J connectivity index is 1.85. The maximum absolute atomic E-state index is 10.7. The van der Waals surface area contributed by atoms with E-state index in [0.717, 1.165) is 12.6 Å². The Morgan fingerprint density at radius 1 is 1.33 bits per heavy atom. The highest BCUT2D eigenvalue weighted by atomic mass is 31.2. The molecule has 1 aliphatic heterocycles. The molecule has 1 saturated heterocycles. The second kappa shape index (κ2) is 9.18. The summed E-state index contributed by atoms with van der Waals surface area (Å²) in [7, 11) is 0. The number of ether oxygens (including phenoxy) is 1. The topological polar surface area (TPSA) is 105 Å². The van der Waals surface area contributed by atoms with Gasteiger partial charge in [-0.3, -0.25) is 4.57 Å². The molecule has 3 N–H and O–H groups in total. The van der Waals surface area contributed by atoms with Crippen molar-refractivity contribution in [3.05, 3.63) is 23.8 Å². The van der Waals surface area contributed by atoms with E-state index < -0.39 is 31.4 Å². The normalized spacial score (nSPS) is 25.2. The lowest BCUT2D eigenvalue weighted by Gasteiger charge is -2.18. The van der Waals surface area contributed by atoms with Crippen molar-refractivity contribution in [3.8, 4) is 0 Å². The number of aliphatic hydroxyl groups is 2. The Morgan fingerprint density at radius 2 is 2.07 bits per heavy atom. The molecule has 30 heavy (non-hydrogen) atoms. The molecule has 0 saturated carbocycles. The number of nitrogens with zero attached hydrogens (tertiary/aromatic N) is 4. The molecule has 9 heteroatoms. The summed E-state index contributed by atoms with van der Waals surface area (Å²) < 4.78 is 7.76. The van der Waals surface area contributed by atoms with Gasteiger partial charge in [0.25, 0.3) is 0 Å². The number of fused-ring (bicyclic) bond motifs is 1. The minimum atomic E-state index is -1.24. The van der Waals surface area contributed by atoms with E-state index in [1.54, 1.807) is 10.9 Å². The summed E-state index contributed by atoms with van der Waals surface area (Å²) in [5, 5.41) is 24.5. The second-order valence-electron chi connectivity index (χ2n) is 8.72. The van der Waals surface area contributed by atoms with Gasteiger partial charge < -0.3 is 20.3 Å². The molecule has 0 amide bonds. The highest BCUT2D eigenvalue weighted by Crippen LogP contribution is 2.40. The van der Waals surface area contributed by atoms with E-state index in [-0.39, 0.29) is 0 Å². The smallest absolute Gasteiger partial charge is 0.167 e. The number of hydrogen-bond donors (Lipinski definition) is 3. The van der Waals surface area contributed by atoms with Crippen molar-refractivity contribution in [2.24, 2.45) is 0 Å². The highest BCUT2D eigenvalue weighted by molar-refractivity contribution is 7.72. The minimum Gasteiger partial charge on any atom is -0.388 e. The summed E-state index contributed by atoms with van der Waals surface area (Å²) in [6, 6.07) is 0. The van der Waals surface area contributed by atoms with Crippen LogP contribution in [0.4, 0.5) is 5.82 Å². The van der Waals surface area contributed by atoms with Gasteiger partial charge in [-0.1, -0.05) is 18.6 Å². The van der Waals surface area contributed by atoms with Crippen LogP contribution in [0.25, 0.3) is 11.2 Å². The van der Waals surface area contributed by atoms with E-state index >= 15 is 0 Å². The van der Waals surface area contributed by atoms with Gasteiger partial charge in [0.1, 0.15) is 18.0 Å². The summed E-state index contributed by atoms with van der Waals surface area (Å²) in [6.07, 6.45) is 7.29. The molecule has 1 unspecified atom stereocenters. The maximum atomic E-state index is 10.7. The second-order valence-corrected chi connectivity index (χ2v) is 13.0. The molecule has 166 valence electrons. The SMILES string of the molecule is C=P(C)(C)CC[C@H]1OC(n2cnc3c(NC/C=C(/C)CC)nc(C)nc32)[C@H](O)[C@@H]1O. The molecule has 0 radical (unpaired) electrons. The third kappa shape index (κ3) is 5.11. The molecule has 8 nitrogen and oxygen atoms in total. The zero-order valence-corrected chi connectivity index (χ0v) is 19.4. The lowest BCUT2D eigenvalue weighted by atomic mass is 10.1. The summed E-state index contributed by atoms with van der Waals surface area (Å²) in [4.78, 5) is 13.5. The number of imidazole rings is 1. The fourth-order valence-corrected chi connectivity index (χ4v) is 4.43. The molecule has 1 fully saturated rings. The molecular weight excluding hydrogens is 401 g/mol. The number of aliphatic hydroxyl groups excluding tert-OH is 2. The van der Waals surface area contributed by atoms with Crippen LogP contribution in [0.15, 0.2) is 18.0 Å². The first kappa shape index (κ1) is 22.9. The third-order valence-corrected chi connectivity index (χ3v) is 6.91. The van der Waals surface area contributed by atoms with E-state index in [2.05, 4.69) is 59.8 Å². The van der Waals surface area contributed by atoms with Gasteiger partial charge in [0.15, 0.2) is 23.2 Å². The van der Waals surface area contributed by atoms with Crippen LogP contribution in [-0.4, -0.2) is 80.4 Å². The fraction of sp³-hybridized carbons (Fsp3) is 0.619. The van der Waals surface area contributed by atoms with Crippen LogP contribution in [0, 0.1) is 6.92 Å². The lowest BCUT2D eigenvalue weighted by Crippen LogP contribution is -2.31. The average molecular weight is 436 g/mol. The summed E-state index contributed by atoms with van der Waals surface area (Å²) in [6.45, 7) is 9.73. The predicted molar refractivity (Wildman–Crippen MR) is 124 cm³/mol. The predicted octanol–water partition coefficient (Wildman–Crippen LogP) is 2.62. The van der Waals surface area contributed by atoms with Crippen LogP contribution in [0.5, 0.6) is 0 Å². The van der Waals surface area contributed by atoms with Gasteiger partial charge in [0, 0.05) is 6.54 Å². The molecule has 2 aromatic heterocycles. The molecule has 0 spiro atoms. The van der Waals surface area contributed by atoms with Crippen LogP contribution in [0.3, 0.4) is 0 Å². The van der Waals surface area contributed by atoms with Crippen molar-refractivity contribution in [2.75, 3.05) is 31.4 Å². The van der Waals surface area contributed by atoms with Crippen molar-refractivity contribution in [2.45, 2.75) is 58.2 Å². The molecule has 4 atom stereocenters. The van der Waals surface area contributed by atoms with Gasteiger partial charge in [-0.25, -0.2) is 15.0 Å². The van der Waals surface area contributed by atoms with E-state index in [4.69, 9.17) is 4.74 Å². The average Bonchev–Trinajstić information content (AvgIpc) is 3.21. The van der Waals surface area contributed by atoms with Crippen molar-refractivity contribution >= 4 is 30.2 Å². The van der Waals surface area contributed by atoms with Gasteiger partial charge in [-0.15, -0.1) is 13.2 Å². The number of aryl methyl sites for hydroxylation is 1. The minimum absolute atomic E-state index is 0.439. The van der Waals surface area contributed by atoms with Gasteiger partial charge in [0.05, 0.1) is 12.4 Å². The Hall–Kier alpha value is -1.73. The Morgan fingerprint density at radius 3 is 2.73 bits per heavy atom. The summed E-state index contributed by atoms with van der Waals surface area (Å²) >= 11 is 0. The van der Waals surface area contributed by atoms with E-state index in [9.17, 15) is 10.2 Å². The first-order chi connectivity index (χ1) is 14.1. The molecule has 3 heterocycles. The summed E-state index contributed by atoms with van der Waals surface area (Å²) in [5.41, 5.74) is 2.48. The van der Waals surface area contributed by atoms with Crippen LogP contribution in [-0.2, 0) is 4.74 Å². The standard InChI is InChI=1S/C21H34N5O3P/c1-7-13(2)8-10-22-19-16-20(25-14(3)24-19)26(12-23-16)21-18(28)17(27)15(29-21)9-11-30(4,5)6/h8,12,15,17-18,21,27-28H,4,7,9-11H2,1-3,5-6H3,(H,22,24,25)/b13-8-/t15-,17-,18-,21?/m1/s1. The van der Waals surface area contributed by atoms with Crippen LogP contribution in [0.1, 0.15) is 38.7 Å². The van der Waals surface area contributed by atoms with Crippen LogP contribution in [0.2, 0.25) is 0 Å². The first-order valence-electron chi connectivity index (χ1n) is 10.4. The third-order valence-electron chi connectivity index (χ3n) is 5.44. The maximum Gasteiger partial charge on any atom is 0.167 e. The number of rotatable bonds is 8. The van der Waals surface area contributed by atoms with Crippen molar-refractivity contribution < 1.29 is 14.9 Å². The number of aromatic nitrogens is 4. The highest BCUT2D eigenvalue weighted by Gasteiger charge is 2.44. The largest absolute Gasteiger partial charge is 0.388 e. The fourth-order valence-electron chi connectivity index (χ4n) is 3.48. The zero-order valence-electron chi connectivity index (χ0n) is 18.5. The summed E-state index contributed by atoms with van der Waals surface area (Å²) in [5.74, 6) is 1.24. The van der Waals surface area contributed by atoms with Crippen molar-refractivity contribution in [1.82, 2.24) is 19.5 Å². The number of allylic oxidation sites excluding steroid dienone is 1. The number of hydrogen-bond acceptors (Lipinski definition) is 7. The zero-order chi connectivity index (χ0) is 22.1. The van der Waals surface area contributed by atoms with Gasteiger partial charge in [-0.05, 0) is 46.2 Å². The lowest BCUT2D eigenvalue weighted by molar-refractivity contribution is -0.0353. The first-order valence-corrected chi connectivity index (χ1v) is 13.5. The van der Waals surface area contributed by atoms with E-state index in [0.29, 0.717) is 35.8 Å². The van der Waals surface area contributed by atoms with Crippen molar-refractivity contribution in [1.29, 1.82) is 0 Å². The van der Waals surface area contributed by atoms with Gasteiger partial charge >= 0.3 is 0 Å². The van der Waals surface area contributed by atoms with Crippen LogP contribution < -0.4 is 5.32 Å². The quantitative estimate of drug-likeness (QED) is 0.432. The molecule has 1 aliphatic rings. The Kier molecular flexibility index (Phi) is 7.02. The number of anilines is 1. The van der Waals surface area contributed by atoms with Gasteiger partial charge in [0.2, 0.25) is 0 Å². The van der Waals surface area contributed by atoms with E-state index in [1.807, 2.05) is 6.92 Å². The van der Waals surface area contributed by atoms with Crippen molar-refractivity contribution in [3.63, 3.8) is 0 Å². The van der Waals surface area contributed by atoms with Gasteiger partial charge in [-0.2, -0.15) is 0 Å². The Labute approximate surface area is 178 Å². The van der Waals surface area contributed by atoms with Crippen LogP contribution >= 0.6 is 6.89 Å². The molecule has 0 bridgehead atoms. The van der Waals surface area contributed by atoms with E-state index in [1.165, 1.54) is 5.57 Å². The molecular formula is C21H34N5O3P. The molecule has 3 rings (SSSR count). The molecule has 2 aromatic rings. The molecule has 0 aromatic carbocycles.